The number of rotatable bonds is 4. The standard InChI is InChI=1S/C18H18/c1-2-8-15(7-1)13-17-11-5-6-12-18(17)14-16-9-3-4-10-16/h1-7,9,11-12H,8,10,13-14H2. The fraction of sp³-hybridized carbons (Fsp3) is 0.222. The van der Waals surface area contributed by atoms with E-state index in [0.29, 0.717) is 0 Å². The van der Waals surface area contributed by atoms with Crippen molar-refractivity contribution >= 4 is 0 Å². The van der Waals surface area contributed by atoms with Crippen molar-refractivity contribution in [3.05, 3.63) is 83.0 Å². The van der Waals surface area contributed by atoms with Crippen molar-refractivity contribution in [1.29, 1.82) is 0 Å². The molecule has 0 saturated heterocycles. The van der Waals surface area contributed by atoms with Gasteiger partial charge < -0.3 is 0 Å². The topological polar surface area (TPSA) is 0 Å². The minimum absolute atomic E-state index is 1.10. The Morgan fingerprint density at radius 3 is 1.61 bits per heavy atom. The van der Waals surface area contributed by atoms with Crippen molar-refractivity contribution in [2.75, 3.05) is 0 Å². The lowest BCUT2D eigenvalue weighted by molar-refractivity contribution is 1.01. The SMILES string of the molecule is C1=CCC(Cc2ccccc2CC2=CC=CC2)=C1. The molecule has 0 nitrogen and oxygen atoms in total. The van der Waals surface area contributed by atoms with Crippen molar-refractivity contribution < 1.29 is 0 Å². The highest BCUT2D eigenvalue weighted by Crippen LogP contribution is 2.23. The maximum Gasteiger partial charge on any atom is -0.00580 e. The highest BCUT2D eigenvalue weighted by molar-refractivity contribution is 5.38. The average Bonchev–Trinajstić information content (AvgIpc) is 3.05. The summed E-state index contributed by atoms with van der Waals surface area (Å²) in [6, 6.07) is 8.86. The molecule has 2 aliphatic carbocycles. The average molecular weight is 234 g/mol. The van der Waals surface area contributed by atoms with Crippen LogP contribution in [-0.2, 0) is 12.8 Å². The molecule has 0 unspecified atom stereocenters. The monoisotopic (exact) mass is 234 g/mol. The molecule has 2 aliphatic rings. The van der Waals surface area contributed by atoms with Gasteiger partial charge in [-0.1, -0.05) is 71.9 Å². The first kappa shape index (κ1) is 11.3. The van der Waals surface area contributed by atoms with E-state index in [1.807, 2.05) is 0 Å². The molecule has 0 amide bonds. The first-order chi connectivity index (χ1) is 8.92. The molecule has 18 heavy (non-hydrogen) atoms. The molecule has 0 saturated carbocycles. The van der Waals surface area contributed by atoms with Gasteiger partial charge in [-0.15, -0.1) is 0 Å². The molecule has 90 valence electrons. The summed E-state index contributed by atoms with van der Waals surface area (Å²) in [7, 11) is 0. The molecule has 0 radical (unpaired) electrons. The van der Waals surface area contributed by atoms with Gasteiger partial charge in [0.05, 0.1) is 0 Å². The number of hydrogen-bond acceptors (Lipinski definition) is 0. The molecule has 1 aromatic carbocycles. The Morgan fingerprint density at radius 2 is 1.22 bits per heavy atom. The molecular formula is C18H18. The summed E-state index contributed by atoms with van der Waals surface area (Å²) in [6.07, 6.45) is 17.8. The van der Waals surface area contributed by atoms with Crippen molar-refractivity contribution in [2.24, 2.45) is 0 Å². The van der Waals surface area contributed by atoms with Gasteiger partial charge in [0.15, 0.2) is 0 Å². The predicted octanol–water partition coefficient (Wildman–Crippen LogP) is 4.54. The molecule has 0 aromatic heterocycles. The Kier molecular flexibility index (Phi) is 3.27. The molecule has 0 bridgehead atoms. The van der Waals surface area contributed by atoms with Crippen LogP contribution in [0.2, 0.25) is 0 Å². The van der Waals surface area contributed by atoms with E-state index in [1.54, 1.807) is 0 Å². The third-order valence-corrected chi connectivity index (χ3v) is 3.65. The Labute approximate surface area is 109 Å². The van der Waals surface area contributed by atoms with Crippen LogP contribution in [0, 0.1) is 0 Å². The molecule has 0 fully saturated rings. The van der Waals surface area contributed by atoms with Crippen molar-refractivity contribution in [3.8, 4) is 0 Å². The summed E-state index contributed by atoms with van der Waals surface area (Å²) in [4.78, 5) is 0. The van der Waals surface area contributed by atoms with Crippen LogP contribution in [0.3, 0.4) is 0 Å². The minimum Gasteiger partial charge on any atom is -0.0804 e. The Hall–Kier alpha value is -1.82. The van der Waals surface area contributed by atoms with Gasteiger partial charge in [-0.25, -0.2) is 0 Å². The fourth-order valence-electron chi connectivity index (χ4n) is 2.64. The largest absolute Gasteiger partial charge is 0.0804 e. The molecule has 0 aliphatic heterocycles. The number of allylic oxidation sites excluding steroid dienone is 8. The molecule has 1 aromatic rings. The van der Waals surface area contributed by atoms with Crippen LogP contribution in [0.25, 0.3) is 0 Å². The zero-order chi connectivity index (χ0) is 12.2. The van der Waals surface area contributed by atoms with Crippen molar-refractivity contribution in [2.45, 2.75) is 25.7 Å². The first-order valence-electron chi connectivity index (χ1n) is 6.68. The highest BCUT2D eigenvalue weighted by Gasteiger charge is 2.08. The minimum atomic E-state index is 1.10. The molecule has 0 N–H and O–H groups in total. The summed E-state index contributed by atoms with van der Waals surface area (Å²) in [5.41, 5.74) is 6.03. The lowest BCUT2D eigenvalue weighted by atomic mass is 9.94. The summed E-state index contributed by atoms with van der Waals surface area (Å²) >= 11 is 0. The molecular weight excluding hydrogens is 216 g/mol. The van der Waals surface area contributed by atoms with E-state index in [4.69, 9.17) is 0 Å². The van der Waals surface area contributed by atoms with Crippen LogP contribution in [0.4, 0.5) is 0 Å². The van der Waals surface area contributed by atoms with E-state index >= 15 is 0 Å². The molecule has 0 heterocycles. The van der Waals surface area contributed by atoms with Crippen LogP contribution in [0.5, 0.6) is 0 Å². The third-order valence-electron chi connectivity index (χ3n) is 3.65. The second-order valence-electron chi connectivity index (χ2n) is 5.04. The molecule has 3 rings (SSSR count). The molecule has 0 heteroatoms. The summed E-state index contributed by atoms with van der Waals surface area (Å²) in [5.74, 6) is 0. The van der Waals surface area contributed by atoms with Gasteiger partial charge in [0, 0.05) is 0 Å². The van der Waals surface area contributed by atoms with E-state index in [0.717, 1.165) is 25.7 Å². The van der Waals surface area contributed by atoms with Crippen molar-refractivity contribution in [1.82, 2.24) is 0 Å². The Balaban J connectivity index is 1.76. The van der Waals surface area contributed by atoms with Crippen molar-refractivity contribution in [3.63, 3.8) is 0 Å². The summed E-state index contributed by atoms with van der Waals surface area (Å²) in [5, 5.41) is 0. The zero-order valence-corrected chi connectivity index (χ0v) is 10.6. The van der Waals surface area contributed by atoms with Gasteiger partial charge in [0.1, 0.15) is 0 Å². The maximum absolute atomic E-state index is 2.28. The second-order valence-corrected chi connectivity index (χ2v) is 5.04. The van der Waals surface area contributed by atoms with Crippen LogP contribution >= 0.6 is 0 Å². The van der Waals surface area contributed by atoms with Crippen LogP contribution in [0.1, 0.15) is 24.0 Å². The Bertz CT molecular complexity index is 502. The van der Waals surface area contributed by atoms with E-state index in [2.05, 4.69) is 60.7 Å². The lowest BCUT2D eigenvalue weighted by Gasteiger charge is -2.11. The lowest BCUT2D eigenvalue weighted by Crippen LogP contribution is -1.97. The van der Waals surface area contributed by atoms with Gasteiger partial charge in [-0.2, -0.15) is 0 Å². The number of benzene rings is 1. The van der Waals surface area contributed by atoms with Crippen LogP contribution in [-0.4, -0.2) is 0 Å². The first-order valence-corrected chi connectivity index (χ1v) is 6.68. The molecule has 0 atom stereocenters. The van der Waals surface area contributed by atoms with E-state index in [-0.39, 0.29) is 0 Å². The Morgan fingerprint density at radius 1 is 0.722 bits per heavy atom. The van der Waals surface area contributed by atoms with Gasteiger partial charge in [-0.3, -0.25) is 0 Å². The van der Waals surface area contributed by atoms with E-state index in [1.165, 1.54) is 22.3 Å². The zero-order valence-electron chi connectivity index (χ0n) is 10.6. The normalized spacial score (nSPS) is 17.1. The van der Waals surface area contributed by atoms with Crippen LogP contribution in [0.15, 0.2) is 71.9 Å². The summed E-state index contributed by atoms with van der Waals surface area (Å²) in [6.45, 7) is 0. The third kappa shape index (κ3) is 2.53. The van der Waals surface area contributed by atoms with Gasteiger partial charge in [0.25, 0.3) is 0 Å². The predicted molar refractivity (Wildman–Crippen MR) is 77.5 cm³/mol. The number of hydrogen-bond donors (Lipinski definition) is 0. The van der Waals surface area contributed by atoms with Crippen LogP contribution < -0.4 is 0 Å². The van der Waals surface area contributed by atoms with Gasteiger partial charge >= 0.3 is 0 Å². The quantitative estimate of drug-likeness (QED) is 0.717. The van der Waals surface area contributed by atoms with E-state index < -0.39 is 0 Å². The summed E-state index contributed by atoms with van der Waals surface area (Å²) < 4.78 is 0. The van der Waals surface area contributed by atoms with E-state index in [9.17, 15) is 0 Å². The smallest absolute Gasteiger partial charge is 0.00580 e. The second kappa shape index (κ2) is 5.22. The van der Waals surface area contributed by atoms with Gasteiger partial charge in [0.2, 0.25) is 0 Å². The molecule has 0 spiro atoms. The maximum atomic E-state index is 2.28. The van der Waals surface area contributed by atoms with Gasteiger partial charge in [-0.05, 0) is 36.8 Å². The highest BCUT2D eigenvalue weighted by atomic mass is 14.1. The fourth-order valence-corrected chi connectivity index (χ4v) is 2.64.